The first-order valence-electron chi connectivity index (χ1n) is 8.72. The highest BCUT2D eigenvalue weighted by molar-refractivity contribution is 5.55. The van der Waals surface area contributed by atoms with Crippen LogP contribution >= 0.6 is 0 Å². The highest BCUT2D eigenvalue weighted by atomic mass is 15.1. The SMILES string of the molecule is Cc1cccc(-c2ncc(CNCCCc3c(C)n[nH]c3C)cn2)c1. The summed E-state index contributed by atoms with van der Waals surface area (Å²) in [6, 6.07) is 8.26. The first-order valence-corrected chi connectivity index (χ1v) is 8.72. The second-order valence-electron chi connectivity index (χ2n) is 6.48. The first kappa shape index (κ1) is 17.3. The molecule has 0 aliphatic rings. The van der Waals surface area contributed by atoms with E-state index in [-0.39, 0.29) is 0 Å². The fraction of sp³-hybridized carbons (Fsp3) is 0.350. The molecule has 0 unspecified atom stereocenters. The summed E-state index contributed by atoms with van der Waals surface area (Å²) in [6.07, 6.45) is 5.94. The number of nitrogens with one attached hydrogen (secondary N) is 2. The highest BCUT2D eigenvalue weighted by Crippen LogP contribution is 2.15. The lowest BCUT2D eigenvalue weighted by atomic mass is 10.1. The number of hydrogen-bond donors (Lipinski definition) is 2. The summed E-state index contributed by atoms with van der Waals surface area (Å²) in [5.41, 5.74) is 7.01. The van der Waals surface area contributed by atoms with Gasteiger partial charge in [0.2, 0.25) is 0 Å². The summed E-state index contributed by atoms with van der Waals surface area (Å²) >= 11 is 0. The molecule has 1 aromatic carbocycles. The zero-order chi connectivity index (χ0) is 17.6. The fourth-order valence-electron chi connectivity index (χ4n) is 2.94. The van der Waals surface area contributed by atoms with Gasteiger partial charge in [0.25, 0.3) is 0 Å². The Kier molecular flexibility index (Phi) is 5.56. The predicted molar refractivity (Wildman–Crippen MR) is 100 cm³/mol. The number of aromatic amines is 1. The summed E-state index contributed by atoms with van der Waals surface area (Å²) in [5.74, 6) is 0.776. The molecule has 0 aliphatic heterocycles. The van der Waals surface area contributed by atoms with Gasteiger partial charge >= 0.3 is 0 Å². The normalized spacial score (nSPS) is 11.0. The molecule has 0 saturated carbocycles. The van der Waals surface area contributed by atoms with Crippen LogP contribution in [0.15, 0.2) is 36.7 Å². The zero-order valence-electron chi connectivity index (χ0n) is 15.1. The van der Waals surface area contributed by atoms with Gasteiger partial charge in [0, 0.05) is 35.8 Å². The van der Waals surface area contributed by atoms with E-state index in [2.05, 4.69) is 58.4 Å². The van der Waals surface area contributed by atoms with E-state index in [1.165, 1.54) is 16.8 Å². The topological polar surface area (TPSA) is 66.5 Å². The number of nitrogens with zero attached hydrogens (tertiary/aromatic N) is 3. The highest BCUT2D eigenvalue weighted by Gasteiger charge is 2.05. The molecule has 25 heavy (non-hydrogen) atoms. The number of benzene rings is 1. The third kappa shape index (κ3) is 4.51. The van der Waals surface area contributed by atoms with Crippen LogP contribution < -0.4 is 5.32 Å². The molecule has 2 aromatic heterocycles. The van der Waals surface area contributed by atoms with Crippen LogP contribution in [0.4, 0.5) is 0 Å². The van der Waals surface area contributed by atoms with Crippen molar-refractivity contribution >= 4 is 0 Å². The van der Waals surface area contributed by atoms with Gasteiger partial charge in [0.15, 0.2) is 5.82 Å². The average molecular weight is 335 g/mol. The van der Waals surface area contributed by atoms with Crippen molar-refractivity contribution in [2.75, 3.05) is 6.54 Å². The van der Waals surface area contributed by atoms with Crippen molar-refractivity contribution < 1.29 is 0 Å². The third-order valence-electron chi connectivity index (χ3n) is 4.37. The maximum absolute atomic E-state index is 4.49. The minimum Gasteiger partial charge on any atom is -0.313 e. The summed E-state index contributed by atoms with van der Waals surface area (Å²) in [5, 5.41) is 10.7. The van der Waals surface area contributed by atoms with E-state index < -0.39 is 0 Å². The molecule has 0 amide bonds. The molecule has 0 fully saturated rings. The van der Waals surface area contributed by atoms with Crippen LogP contribution in [0.25, 0.3) is 11.4 Å². The lowest BCUT2D eigenvalue weighted by Gasteiger charge is -2.06. The lowest BCUT2D eigenvalue weighted by Crippen LogP contribution is -2.16. The smallest absolute Gasteiger partial charge is 0.159 e. The Morgan fingerprint density at radius 2 is 1.88 bits per heavy atom. The molecular formula is C20H25N5. The van der Waals surface area contributed by atoms with E-state index >= 15 is 0 Å². The van der Waals surface area contributed by atoms with E-state index in [4.69, 9.17) is 0 Å². The molecule has 0 aliphatic carbocycles. The Labute approximate surface area is 148 Å². The minimum absolute atomic E-state index is 0.776. The molecule has 0 bridgehead atoms. The largest absolute Gasteiger partial charge is 0.313 e. The van der Waals surface area contributed by atoms with Gasteiger partial charge in [-0.3, -0.25) is 5.10 Å². The van der Waals surface area contributed by atoms with Crippen molar-refractivity contribution in [3.63, 3.8) is 0 Å². The zero-order valence-corrected chi connectivity index (χ0v) is 15.1. The first-order chi connectivity index (χ1) is 12.1. The van der Waals surface area contributed by atoms with E-state index in [9.17, 15) is 0 Å². The summed E-state index contributed by atoms with van der Waals surface area (Å²) in [4.78, 5) is 8.98. The van der Waals surface area contributed by atoms with Gasteiger partial charge in [-0.15, -0.1) is 0 Å². The van der Waals surface area contributed by atoms with Gasteiger partial charge in [-0.1, -0.05) is 23.8 Å². The van der Waals surface area contributed by atoms with E-state index in [1.807, 2.05) is 24.5 Å². The van der Waals surface area contributed by atoms with Crippen molar-refractivity contribution in [1.29, 1.82) is 0 Å². The van der Waals surface area contributed by atoms with Crippen molar-refractivity contribution in [1.82, 2.24) is 25.5 Å². The molecule has 2 heterocycles. The van der Waals surface area contributed by atoms with Gasteiger partial charge in [-0.2, -0.15) is 5.10 Å². The van der Waals surface area contributed by atoms with Crippen LogP contribution in [0.1, 0.15) is 34.5 Å². The molecule has 5 heteroatoms. The predicted octanol–water partition coefficient (Wildman–Crippen LogP) is 3.51. The minimum atomic E-state index is 0.776. The quantitative estimate of drug-likeness (QED) is 0.648. The lowest BCUT2D eigenvalue weighted by molar-refractivity contribution is 0.645. The van der Waals surface area contributed by atoms with Crippen molar-refractivity contribution in [2.24, 2.45) is 0 Å². The molecule has 5 nitrogen and oxygen atoms in total. The van der Waals surface area contributed by atoms with Gasteiger partial charge < -0.3 is 5.32 Å². The van der Waals surface area contributed by atoms with Crippen LogP contribution in [-0.4, -0.2) is 26.7 Å². The summed E-state index contributed by atoms with van der Waals surface area (Å²) in [6.45, 7) is 7.96. The summed E-state index contributed by atoms with van der Waals surface area (Å²) in [7, 11) is 0. The average Bonchev–Trinajstić information content (AvgIpc) is 2.94. The van der Waals surface area contributed by atoms with E-state index in [0.717, 1.165) is 48.6 Å². The monoisotopic (exact) mass is 335 g/mol. The molecule has 2 N–H and O–H groups in total. The molecular weight excluding hydrogens is 310 g/mol. The Balaban J connectivity index is 1.46. The maximum Gasteiger partial charge on any atom is 0.159 e. The Morgan fingerprint density at radius 1 is 1.08 bits per heavy atom. The van der Waals surface area contributed by atoms with Crippen LogP contribution in [0.2, 0.25) is 0 Å². The van der Waals surface area contributed by atoms with Crippen LogP contribution in [0.3, 0.4) is 0 Å². The number of aromatic nitrogens is 4. The van der Waals surface area contributed by atoms with Crippen molar-refractivity contribution in [2.45, 2.75) is 40.2 Å². The maximum atomic E-state index is 4.49. The van der Waals surface area contributed by atoms with Crippen molar-refractivity contribution in [3.8, 4) is 11.4 Å². The third-order valence-corrected chi connectivity index (χ3v) is 4.37. The Hall–Kier alpha value is -2.53. The van der Waals surface area contributed by atoms with Crippen molar-refractivity contribution in [3.05, 3.63) is 64.7 Å². The number of rotatable bonds is 7. The summed E-state index contributed by atoms with van der Waals surface area (Å²) < 4.78 is 0. The fourth-order valence-corrected chi connectivity index (χ4v) is 2.94. The molecule has 0 spiro atoms. The number of hydrogen-bond acceptors (Lipinski definition) is 4. The van der Waals surface area contributed by atoms with Gasteiger partial charge in [0.1, 0.15) is 0 Å². The Bertz CT molecular complexity index is 801. The standard InChI is InChI=1S/C20H25N5/c1-14-6-4-7-18(10-14)20-22-12-17(13-23-20)11-21-9-5-8-19-15(2)24-25-16(19)3/h4,6-7,10,12-13,21H,5,8-9,11H2,1-3H3,(H,24,25). The van der Waals surface area contributed by atoms with Crippen LogP contribution in [-0.2, 0) is 13.0 Å². The molecule has 3 aromatic rings. The van der Waals surface area contributed by atoms with Gasteiger partial charge in [-0.05, 0) is 51.8 Å². The van der Waals surface area contributed by atoms with Crippen LogP contribution in [0, 0.1) is 20.8 Å². The van der Waals surface area contributed by atoms with Gasteiger partial charge in [0.05, 0.1) is 5.69 Å². The Morgan fingerprint density at radius 3 is 2.56 bits per heavy atom. The second-order valence-corrected chi connectivity index (χ2v) is 6.48. The molecule has 0 radical (unpaired) electrons. The van der Waals surface area contributed by atoms with E-state index in [1.54, 1.807) is 0 Å². The number of aryl methyl sites for hydroxylation is 3. The molecule has 0 atom stereocenters. The van der Waals surface area contributed by atoms with Crippen LogP contribution in [0.5, 0.6) is 0 Å². The number of H-pyrrole nitrogens is 1. The molecule has 0 saturated heterocycles. The molecule has 130 valence electrons. The van der Waals surface area contributed by atoms with Gasteiger partial charge in [-0.25, -0.2) is 9.97 Å². The second kappa shape index (κ2) is 8.03. The van der Waals surface area contributed by atoms with E-state index in [0.29, 0.717) is 0 Å². The molecule has 3 rings (SSSR count).